The molecule has 2 aromatic carbocycles. The Labute approximate surface area is 122 Å². The molecule has 4 nitrogen and oxygen atoms in total. The molecule has 104 valence electrons. The number of hydrogen-bond acceptors (Lipinski definition) is 2. The molecule has 0 radical (unpaired) electrons. The summed E-state index contributed by atoms with van der Waals surface area (Å²) in [6, 6.07) is 16.7. The van der Waals surface area contributed by atoms with Crippen molar-refractivity contribution in [3.05, 3.63) is 66.1 Å². The van der Waals surface area contributed by atoms with Crippen molar-refractivity contribution in [2.45, 2.75) is 13.1 Å². The summed E-state index contributed by atoms with van der Waals surface area (Å²) in [5, 5.41) is 4.68. The molecule has 0 fully saturated rings. The smallest absolute Gasteiger partial charge is 0.121 e. The Kier molecular flexibility index (Phi) is 2.94. The molecular weight excluding hydrogens is 260 g/mol. The summed E-state index contributed by atoms with van der Waals surface area (Å²) in [5.41, 5.74) is 4.56. The van der Waals surface area contributed by atoms with Gasteiger partial charge in [0.2, 0.25) is 0 Å². The second-order valence-corrected chi connectivity index (χ2v) is 5.20. The number of fused-ring (bicyclic) bond motifs is 2. The summed E-state index contributed by atoms with van der Waals surface area (Å²) < 4.78 is 0. The minimum atomic E-state index is 0.736. The van der Waals surface area contributed by atoms with Gasteiger partial charge in [-0.3, -0.25) is 0 Å². The van der Waals surface area contributed by atoms with Crippen LogP contribution in [0.3, 0.4) is 0 Å². The molecule has 21 heavy (non-hydrogen) atoms. The van der Waals surface area contributed by atoms with Crippen LogP contribution >= 0.6 is 0 Å². The summed E-state index contributed by atoms with van der Waals surface area (Å²) in [6.45, 7) is 1.57. The first-order valence-corrected chi connectivity index (χ1v) is 7.09. The largest absolute Gasteiger partial charge is 0.361 e. The van der Waals surface area contributed by atoms with Crippen molar-refractivity contribution in [1.82, 2.24) is 20.3 Å². The van der Waals surface area contributed by atoms with Crippen LogP contribution in [0.5, 0.6) is 0 Å². The van der Waals surface area contributed by atoms with E-state index in [1.165, 1.54) is 16.5 Å². The van der Waals surface area contributed by atoms with E-state index < -0.39 is 0 Å². The zero-order chi connectivity index (χ0) is 14.1. The molecule has 4 rings (SSSR count). The van der Waals surface area contributed by atoms with Gasteiger partial charge in [0.05, 0.1) is 17.6 Å². The highest BCUT2D eigenvalue weighted by Gasteiger charge is 2.02. The van der Waals surface area contributed by atoms with Crippen molar-refractivity contribution in [3.8, 4) is 0 Å². The standard InChI is InChI=1S/C17H16N4/c1-2-4-16-15(3-1)20-17(21-16)11-18-10-12-5-6-14-13(9-12)7-8-19-14/h1-9,18-19H,10-11H2,(H,20,21). The number of hydrogen-bond donors (Lipinski definition) is 3. The monoisotopic (exact) mass is 276 g/mol. The molecule has 0 saturated carbocycles. The molecule has 0 saturated heterocycles. The zero-order valence-electron chi connectivity index (χ0n) is 11.6. The van der Waals surface area contributed by atoms with Crippen LogP contribution in [0.2, 0.25) is 0 Å². The SMILES string of the molecule is c1ccc2[nH]c(CNCc3ccc4[nH]ccc4c3)nc2c1. The van der Waals surface area contributed by atoms with Crippen LogP contribution in [-0.4, -0.2) is 15.0 Å². The van der Waals surface area contributed by atoms with Crippen LogP contribution in [0.15, 0.2) is 54.7 Å². The summed E-state index contributed by atoms with van der Waals surface area (Å²) in [4.78, 5) is 11.1. The fourth-order valence-electron chi connectivity index (χ4n) is 2.63. The Morgan fingerprint density at radius 3 is 2.86 bits per heavy atom. The minimum absolute atomic E-state index is 0.736. The van der Waals surface area contributed by atoms with E-state index in [0.29, 0.717) is 0 Å². The van der Waals surface area contributed by atoms with Crippen LogP contribution in [0.4, 0.5) is 0 Å². The zero-order valence-corrected chi connectivity index (χ0v) is 11.6. The van der Waals surface area contributed by atoms with Gasteiger partial charge >= 0.3 is 0 Å². The number of rotatable bonds is 4. The lowest BCUT2D eigenvalue weighted by molar-refractivity contribution is 0.671. The van der Waals surface area contributed by atoms with Crippen molar-refractivity contribution >= 4 is 21.9 Å². The number of benzene rings is 2. The number of nitrogens with one attached hydrogen (secondary N) is 3. The third-order valence-corrected chi connectivity index (χ3v) is 3.68. The van der Waals surface area contributed by atoms with E-state index in [2.05, 4.69) is 44.5 Å². The highest BCUT2D eigenvalue weighted by Crippen LogP contribution is 2.14. The van der Waals surface area contributed by atoms with E-state index in [1.54, 1.807) is 0 Å². The van der Waals surface area contributed by atoms with Crippen LogP contribution in [-0.2, 0) is 13.1 Å². The quantitative estimate of drug-likeness (QED) is 0.535. The van der Waals surface area contributed by atoms with Crippen molar-refractivity contribution in [3.63, 3.8) is 0 Å². The highest BCUT2D eigenvalue weighted by molar-refractivity contribution is 5.79. The Morgan fingerprint density at radius 2 is 1.90 bits per heavy atom. The fraction of sp³-hybridized carbons (Fsp3) is 0.118. The topological polar surface area (TPSA) is 56.5 Å². The molecule has 0 unspecified atom stereocenters. The lowest BCUT2D eigenvalue weighted by atomic mass is 10.1. The molecule has 0 spiro atoms. The predicted octanol–water partition coefficient (Wildman–Crippen LogP) is 3.33. The molecule has 0 atom stereocenters. The maximum Gasteiger partial charge on any atom is 0.121 e. The molecule has 0 aliphatic heterocycles. The molecule has 0 amide bonds. The fourth-order valence-corrected chi connectivity index (χ4v) is 2.63. The summed E-state index contributed by atoms with van der Waals surface area (Å²) in [7, 11) is 0. The van der Waals surface area contributed by atoms with E-state index in [0.717, 1.165) is 29.9 Å². The summed E-state index contributed by atoms with van der Waals surface area (Å²) in [6.07, 6.45) is 1.97. The van der Waals surface area contributed by atoms with Crippen molar-refractivity contribution in [1.29, 1.82) is 0 Å². The molecule has 0 bridgehead atoms. The Bertz CT molecular complexity index is 853. The number of aromatic amines is 2. The van der Waals surface area contributed by atoms with E-state index in [1.807, 2.05) is 30.5 Å². The van der Waals surface area contributed by atoms with Crippen LogP contribution in [0.25, 0.3) is 21.9 Å². The van der Waals surface area contributed by atoms with Gasteiger partial charge in [-0.25, -0.2) is 4.98 Å². The average Bonchev–Trinajstić information content (AvgIpc) is 3.12. The lowest BCUT2D eigenvalue weighted by Crippen LogP contribution is -2.13. The second-order valence-electron chi connectivity index (χ2n) is 5.20. The second kappa shape index (κ2) is 5.07. The predicted molar refractivity (Wildman–Crippen MR) is 84.9 cm³/mol. The van der Waals surface area contributed by atoms with E-state index in [9.17, 15) is 0 Å². The number of nitrogens with zero attached hydrogens (tertiary/aromatic N) is 1. The van der Waals surface area contributed by atoms with Crippen molar-refractivity contribution < 1.29 is 0 Å². The molecule has 4 aromatic rings. The van der Waals surface area contributed by atoms with Gasteiger partial charge in [0.15, 0.2) is 0 Å². The van der Waals surface area contributed by atoms with Gasteiger partial charge in [-0.1, -0.05) is 18.2 Å². The third kappa shape index (κ3) is 2.41. The molecule has 2 aromatic heterocycles. The first-order valence-electron chi connectivity index (χ1n) is 7.09. The molecule has 0 aliphatic carbocycles. The first kappa shape index (κ1) is 12.2. The number of aromatic nitrogens is 3. The highest BCUT2D eigenvalue weighted by atomic mass is 15.0. The van der Waals surface area contributed by atoms with Crippen molar-refractivity contribution in [2.75, 3.05) is 0 Å². The van der Waals surface area contributed by atoms with Crippen LogP contribution in [0, 0.1) is 0 Å². The molecule has 0 aliphatic rings. The number of imidazole rings is 1. The minimum Gasteiger partial charge on any atom is -0.361 e. The van der Waals surface area contributed by atoms with Gasteiger partial charge < -0.3 is 15.3 Å². The van der Waals surface area contributed by atoms with E-state index >= 15 is 0 Å². The molecular formula is C17H16N4. The van der Waals surface area contributed by atoms with E-state index in [-0.39, 0.29) is 0 Å². The van der Waals surface area contributed by atoms with Crippen molar-refractivity contribution in [2.24, 2.45) is 0 Å². The molecule has 3 N–H and O–H groups in total. The van der Waals surface area contributed by atoms with Gasteiger partial charge in [-0.2, -0.15) is 0 Å². The summed E-state index contributed by atoms with van der Waals surface area (Å²) >= 11 is 0. The Morgan fingerprint density at radius 1 is 0.952 bits per heavy atom. The normalized spacial score (nSPS) is 11.4. The van der Waals surface area contributed by atoms with Crippen LogP contribution < -0.4 is 5.32 Å². The Hall–Kier alpha value is -2.59. The van der Waals surface area contributed by atoms with E-state index in [4.69, 9.17) is 0 Å². The summed E-state index contributed by atoms with van der Waals surface area (Å²) in [5.74, 6) is 0.971. The average molecular weight is 276 g/mol. The van der Waals surface area contributed by atoms with Gasteiger partial charge in [0.1, 0.15) is 5.82 Å². The van der Waals surface area contributed by atoms with Crippen LogP contribution in [0.1, 0.15) is 11.4 Å². The maximum absolute atomic E-state index is 4.56. The first-order chi connectivity index (χ1) is 10.4. The lowest BCUT2D eigenvalue weighted by Gasteiger charge is -2.03. The molecule has 2 heterocycles. The Balaban J connectivity index is 1.44. The molecule has 4 heteroatoms. The third-order valence-electron chi connectivity index (χ3n) is 3.68. The van der Waals surface area contributed by atoms with Gasteiger partial charge in [0.25, 0.3) is 0 Å². The maximum atomic E-state index is 4.56. The van der Waals surface area contributed by atoms with Gasteiger partial charge in [-0.15, -0.1) is 0 Å². The van der Waals surface area contributed by atoms with Gasteiger partial charge in [-0.05, 0) is 41.3 Å². The van der Waals surface area contributed by atoms with Gasteiger partial charge in [0, 0.05) is 18.3 Å². The number of para-hydroxylation sites is 2. The number of H-pyrrole nitrogens is 2.